The Kier molecular flexibility index (Phi) is 4.28. The van der Waals surface area contributed by atoms with E-state index in [0.717, 1.165) is 16.8 Å². The van der Waals surface area contributed by atoms with E-state index in [9.17, 15) is 4.79 Å². The third kappa shape index (κ3) is 2.72. The third-order valence-corrected chi connectivity index (χ3v) is 2.75. The Bertz CT molecular complexity index is 403. The Morgan fingerprint density at radius 3 is 1.88 bits per heavy atom. The molecule has 0 heterocycles. The minimum absolute atomic E-state index is 0.281. The summed E-state index contributed by atoms with van der Waals surface area (Å²) in [7, 11) is 0. The van der Waals surface area contributed by atoms with Crippen molar-refractivity contribution in [3.8, 4) is 0 Å². The molecule has 16 heavy (non-hydrogen) atoms. The Labute approximate surface area is 101 Å². The number of nitrogens with zero attached hydrogens (tertiary/aromatic N) is 1. The van der Waals surface area contributed by atoms with Crippen LogP contribution in [0.5, 0.6) is 0 Å². The number of halogens is 1. The molecule has 0 fully saturated rings. The summed E-state index contributed by atoms with van der Waals surface area (Å²) in [6, 6.07) is 3.74. The molecular weight excluding hydrogens is 224 g/mol. The Hall–Kier alpha value is -1.11. The summed E-state index contributed by atoms with van der Waals surface area (Å²) in [5, 5.41) is 0.692. The molecule has 0 aliphatic carbocycles. The molecule has 0 radical (unpaired) electrons. The molecule has 1 aromatic carbocycles. The molecule has 0 aliphatic heterocycles. The molecule has 3 heteroatoms. The molecule has 86 valence electrons. The van der Waals surface area contributed by atoms with Crippen molar-refractivity contribution in [3.63, 3.8) is 0 Å². The molecule has 1 rings (SSSR count). The average Bonchev–Trinajstić information content (AvgIpc) is 2.19. The highest BCUT2D eigenvalue weighted by Crippen LogP contribution is 2.36. The second-order valence-electron chi connectivity index (χ2n) is 4.45. The Morgan fingerprint density at radius 1 is 1.12 bits per heavy atom. The topological polar surface area (TPSA) is 29.4 Å². The summed E-state index contributed by atoms with van der Waals surface area (Å²) >= 11 is 6.07. The lowest BCUT2D eigenvalue weighted by Gasteiger charge is -2.16. The molecule has 0 saturated heterocycles. The summed E-state index contributed by atoms with van der Waals surface area (Å²) < 4.78 is 0. The first-order valence-corrected chi connectivity index (χ1v) is 5.76. The largest absolute Gasteiger partial charge is 0.240 e. The first-order chi connectivity index (χ1) is 7.47. The van der Waals surface area contributed by atoms with Gasteiger partial charge in [-0.25, -0.2) is 4.79 Å². The molecule has 0 N–H and O–H groups in total. The predicted molar refractivity (Wildman–Crippen MR) is 67.4 cm³/mol. The van der Waals surface area contributed by atoms with Crippen molar-refractivity contribution in [2.45, 2.75) is 39.5 Å². The van der Waals surface area contributed by atoms with Gasteiger partial charge in [0.2, 0.25) is 6.08 Å². The molecule has 2 nitrogen and oxygen atoms in total. The lowest BCUT2D eigenvalue weighted by atomic mass is 9.93. The number of hydrogen-bond donors (Lipinski definition) is 0. The van der Waals surface area contributed by atoms with Crippen LogP contribution in [0.4, 0.5) is 5.69 Å². The average molecular weight is 240 g/mol. The first-order valence-electron chi connectivity index (χ1n) is 5.38. The van der Waals surface area contributed by atoms with Crippen LogP contribution in [0.2, 0.25) is 5.02 Å². The maximum Gasteiger partial charge on any atom is 0.240 e. The summed E-state index contributed by atoms with van der Waals surface area (Å²) in [4.78, 5) is 14.3. The monoisotopic (exact) mass is 239 g/mol. The van der Waals surface area contributed by atoms with E-state index in [-0.39, 0.29) is 11.8 Å². The van der Waals surface area contributed by atoms with Crippen LogP contribution in [0.1, 0.15) is 50.7 Å². The number of carbonyl (C=O) groups excluding carboxylic acids is 1. The maximum atomic E-state index is 10.5. The summed E-state index contributed by atoms with van der Waals surface area (Å²) in [5.74, 6) is 0.562. The van der Waals surface area contributed by atoms with Gasteiger partial charge in [0.05, 0.1) is 5.69 Å². The molecule has 0 amide bonds. The molecule has 0 unspecified atom stereocenters. The van der Waals surface area contributed by atoms with Crippen LogP contribution in [-0.2, 0) is 4.79 Å². The minimum Gasteiger partial charge on any atom is -0.211 e. The van der Waals surface area contributed by atoms with Crippen molar-refractivity contribution < 1.29 is 4.79 Å². The van der Waals surface area contributed by atoms with Crippen molar-refractivity contribution in [3.05, 3.63) is 28.3 Å². The van der Waals surface area contributed by atoms with Gasteiger partial charge >= 0.3 is 0 Å². The fourth-order valence-electron chi connectivity index (χ4n) is 1.70. The van der Waals surface area contributed by atoms with Gasteiger partial charge in [-0.2, -0.15) is 4.99 Å². The van der Waals surface area contributed by atoms with Crippen molar-refractivity contribution in [2.75, 3.05) is 0 Å². The zero-order valence-corrected chi connectivity index (χ0v) is 10.8. The first kappa shape index (κ1) is 13.0. The highest BCUT2D eigenvalue weighted by Gasteiger charge is 2.14. The summed E-state index contributed by atoms with van der Waals surface area (Å²) in [6.07, 6.45) is 1.63. The highest BCUT2D eigenvalue weighted by atomic mass is 35.5. The van der Waals surface area contributed by atoms with Crippen LogP contribution in [-0.4, -0.2) is 6.08 Å². The molecule has 0 bridgehead atoms. The third-order valence-electron chi connectivity index (χ3n) is 2.54. The van der Waals surface area contributed by atoms with Crippen LogP contribution < -0.4 is 0 Å². The normalized spacial score (nSPS) is 10.7. The maximum absolute atomic E-state index is 10.5. The van der Waals surface area contributed by atoms with Gasteiger partial charge in [-0.15, -0.1) is 0 Å². The van der Waals surface area contributed by atoms with Gasteiger partial charge in [0.15, 0.2) is 0 Å². The van der Waals surface area contributed by atoms with E-state index in [2.05, 4.69) is 32.7 Å². The smallest absolute Gasteiger partial charge is 0.211 e. The quantitative estimate of drug-likeness (QED) is 0.562. The van der Waals surface area contributed by atoms with Gasteiger partial charge in [-0.1, -0.05) is 39.3 Å². The Balaban J connectivity index is 3.53. The number of isocyanates is 1. The van der Waals surface area contributed by atoms with Crippen LogP contribution in [0.3, 0.4) is 0 Å². The molecule has 0 aliphatic rings. The van der Waals surface area contributed by atoms with E-state index in [1.165, 1.54) is 0 Å². The van der Waals surface area contributed by atoms with E-state index in [1.807, 2.05) is 12.1 Å². The van der Waals surface area contributed by atoms with Gasteiger partial charge in [0, 0.05) is 5.02 Å². The molecule has 0 saturated carbocycles. The van der Waals surface area contributed by atoms with Crippen molar-refractivity contribution in [1.82, 2.24) is 0 Å². The predicted octanol–water partition coefficient (Wildman–Crippen LogP) is 4.55. The zero-order valence-electron chi connectivity index (χ0n) is 10.0. The molecular formula is C13H16ClNO. The summed E-state index contributed by atoms with van der Waals surface area (Å²) in [6.45, 7) is 8.22. The van der Waals surface area contributed by atoms with E-state index >= 15 is 0 Å². The number of hydrogen-bond acceptors (Lipinski definition) is 2. The SMILES string of the molecule is CC(C)c1cc(Cl)cc(C(C)C)c1N=[14C]=O. The number of benzene rings is 1. The van der Waals surface area contributed by atoms with E-state index in [1.54, 1.807) is 6.08 Å². The molecule has 0 aromatic heterocycles. The number of aliphatic imine (C=N–C) groups is 1. The van der Waals surface area contributed by atoms with Crippen molar-refractivity contribution >= 4 is 23.4 Å². The highest BCUT2D eigenvalue weighted by molar-refractivity contribution is 6.30. The standard InChI is InChI=1S/C13H16ClNO/c1-8(2)11-5-10(14)6-12(9(3)4)13(11)15-7-16/h5-6,8-9H,1-4H3/i7+2. The molecule has 0 atom stereocenters. The van der Waals surface area contributed by atoms with Crippen LogP contribution >= 0.6 is 11.6 Å². The molecule has 1 aromatic rings. The van der Waals surface area contributed by atoms with Gasteiger partial charge in [0.25, 0.3) is 0 Å². The number of rotatable bonds is 3. The van der Waals surface area contributed by atoms with Crippen molar-refractivity contribution in [1.29, 1.82) is 0 Å². The van der Waals surface area contributed by atoms with E-state index in [0.29, 0.717) is 5.02 Å². The lowest BCUT2D eigenvalue weighted by Crippen LogP contribution is -1.95. The van der Waals surface area contributed by atoms with Crippen LogP contribution in [0.25, 0.3) is 0 Å². The van der Waals surface area contributed by atoms with Crippen LogP contribution in [0, 0.1) is 0 Å². The van der Waals surface area contributed by atoms with E-state index in [4.69, 9.17) is 11.6 Å². The fraction of sp³-hybridized carbons (Fsp3) is 0.462. The fourth-order valence-corrected chi connectivity index (χ4v) is 1.93. The lowest BCUT2D eigenvalue weighted by molar-refractivity contribution is 0.565. The van der Waals surface area contributed by atoms with Gasteiger partial charge in [-0.05, 0) is 35.1 Å². The molecule has 0 spiro atoms. The second kappa shape index (κ2) is 5.29. The van der Waals surface area contributed by atoms with E-state index < -0.39 is 0 Å². The summed E-state index contributed by atoms with van der Waals surface area (Å²) in [5.41, 5.74) is 2.73. The van der Waals surface area contributed by atoms with Gasteiger partial charge in [-0.3, -0.25) is 0 Å². The van der Waals surface area contributed by atoms with Crippen LogP contribution in [0.15, 0.2) is 17.1 Å². The van der Waals surface area contributed by atoms with Gasteiger partial charge < -0.3 is 0 Å². The van der Waals surface area contributed by atoms with Gasteiger partial charge in [0.1, 0.15) is 0 Å². The zero-order chi connectivity index (χ0) is 12.3. The Morgan fingerprint density at radius 2 is 1.56 bits per heavy atom. The van der Waals surface area contributed by atoms with Crippen molar-refractivity contribution in [2.24, 2.45) is 4.99 Å². The minimum atomic E-state index is 0.281. The second-order valence-corrected chi connectivity index (χ2v) is 4.88.